The van der Waals surface area contributed by atoms with Gasteiger partial charge in [0.05, 0.1) is 0 Å². The highest BCUT2D eigenvalue weighted by molar-refractivity contribution is 5.81. The molecule has 11 nitrogen and oxygen atoms in total. The third kappa shape index (κ3) is 10.4. The average molecular weight is 733 g/mol. The first-order valence-corrected chi connectivity index (χ1v) is 20.4. The van der Waals surface area contributed by atoms with Gasteiger partial charge in [-0.25, -0.2) is 4.79 Å². The van der Waals surface area contributed by atoms with Gasteiger partial charge < -0.3 is 30.7 Å². The van der Waals surface area contributed by atoms with Crippen LogP contribution in [-0.2, 0) is 23.9 Å². The van der Waals surface area contributed by atoms with Crippen LogP contribution in [0.3, 0.4) is 0 Å². The molecule has 2 amide bonds. The van der Waals surface area contributed by atoms with Crippen LogP contribution in [0.4, 0.5) is 4.79 Å². The Morgan fingerprint density at radius 2 is 1.38 bits per heavy atom. The third-order valence-electron chi connectivity index (χ3n) is 14.6. The zero-order valence-electron chi connectivity index (χ0n) is 32.6. The molecule has 0 aromatic heterocycles. The van der Waals surface area contributed by atoms with Crippen LogP contribution in [0, 0.1) is 52.3 Å². The first kappa shape index (κ1) is 41.9. The highest BCUT2D eigenvalue weighted by Gasteiger charge is 2.60. The summed E-state index contributed by atoms with van der Waals surface area (Å²) in [5.41, 5.74) is -0.547. The molecular formula is C41H68N2O9. The van der Waals surface area contributed by atoms with Gasteiger partial charge in [-0.2, -0.15) is 0 Å². The number of hydrogen-bond donors (Lipinski definition) is 5. The molecule has 0 spiro atoms. The number of hydrogen-bond acceptors (Lipinski definition) is 6. The van der Waals surface area contributed by atoms with Gasteiger partial charge in [0.2, 0.25) is 0 Å². The average Bonchev–Trinajstić information content (AvgIpc) is 3.42. The maximum atomic E-state index is 13.0. The van der Waals surface area contributed by atoms with E-state index in [0.29, 0.717) is 11.3 Å². The Labute approximate surface area is 311 Å². The summed E-state index contributed by atoms with van der Waals surface area (Å²) in [6, 6.07) is -0.749. The van der Waals surface area contributed by atoms with Crippen LogP contribution in [0.5, 0.6) is 0 Å². The zero-order valence-corrected chi connectivity index (χ0v) is 32.6. The number of esters is 1. The van der Waals surface area contributed by atoms with Crippen molar-refractivity contribution in [3.8, 4) is 0 Å². The summed E-state index contributed by atoms with van der Waals surface area (Å²) >= 11 is 0. The Morgan fingerprint density at radius 3 is 2.02 bits per heavy atom. The van der Waals surface area contributed by atoms with Gasteiger partial charge in [0.1, 0.15) is 12.6 Å². The lowest BCUT2D eigenvalue weighted by molar-refractivity contribution is -0.161. The standard InChI is InChI=1S/C41H68N2O9/c1-26(2)8-6-9-27(3)31-13-14-32-30-12-11-28-24-29(15-20-39(28,4)33(30)16-21-40(31,32)5)52-37(50)25-42-38(51)43-41(22-17-35(46)47,23-18-36(48)49)19-7-10-34(44)45/h26-33H,6-25H2,1-5H3,(H,44,45)(H,46,47)(H,48,49)(H2,42,43,51)/t27-,28+,29+,30+,31-,32+,33+,39+,40-/m1/s1. The van der Waals surface area contributed by atoms with Crippen molar-refractivity contribution in [3.05, 3.63) is 0 Å². The van der Waals surface area contributed by atoms with Crippen molar-refractivity contribution in [2.45, 2.75) is 168 Å². The maximum absolute atomic E-state index is 13.0. The number of urea groups is 1. The summed E-state index contributed by atoms with van der Waals surface area (Å²) < 4.78 is 5.92. The topological polar surface area (TPSA) is 179 Å². The van der Waals surface area contributed by atoms with E-state index in [1.54, 1.807) is 0 Å². The predicted molar refractivity (Wildman–Crippen MR) is 197 cm³/mol. The number of carbonyl (C=O) groups excluding carboxylic acids is 2. The molecule has 0 aromatic carbocycles. The van der Waals surface area contributed by atoms with Crippen molar-refractivity contribution in [2.75, 3.05) is 6.54 Å². The molecule has 296 valence electrons. The van der Waals surface area contributed by atoms with Gasteiger partial charge in [-0.15, -0.1) is 0 Å². The van der Waals surface area contributed by atoms with Crippen molar-refractivity contribution in [1.29, 1.82) is 0 Å². The quantitative estimate of drug-likeness (QED) is 0.0822. The normalized spacial score (nSPS) is 31.8. The molecule has 0 bridgehead atoms. The number of fused-ring (bicyclic) bond motifs is 5. The summed E-state index contributed by atoms with van der Waals surface area (Å²) in [6.45, 7) is 12.0. The van der Waals surface area contributed by atoms with E-state index in [2.05, 4.69) is 45.3 Å². The lowest BCUT2D eigenvalue weighted by Crippen LogP contribution is -2.55. The van der Waals surface area contributed by atoms with Gasteiger partial charge >= 0.3 is 29.9 Å². The van der Waals surface area contributed by atoms with Gasteiger partial charge in [-0.3, -0.25) is 19.2 Å². The predicted octanol–water partition coefficient (Wildman–Crippen LogP) is 8.04. The Balaban J connectivity index is 1.29. The Morgan fingerprint density at radius 1 is 0.750 bits per heavy atom. The van der Waals surface area contributed by atoms with E-state index in [9.17, 15) is 34.2 Å². The molecule has 0 radical (unpaired) electrons. The number of carbonyl (C=O) groups is 5. The monoisotopic (exact) mass is 732 g/mol. The van der Waals surface area contributed by atoms with Crippen LogP contribution in [0.2, 0.25) is 0 Å². The largest absolute Gasteiger partial charge is 0.481 e. The van der Waals surface area contributed by atoms with E-state index in [4.69, 9.17) is 9.84 Å². The van der Waals surface area contributed by atoms with E-state index in [1.165, 1.54) is 57.8 Å². The van der Waals surface area contributed by atoms with Crippen molar-refractivity contribution in [2.24, 2.45) is 52.3 Å². The molecule has 0 aromatic rings. The Hall–Kier alpha value is -2.85. The summed E-state index contributed by atoms with van der Waals surface area (Å²) in [5, 5.41) is 32.9. The molecule has 0 saturated heterocycles. The summed E-state index contributed by atoms with van der Waals surface area (Å²) in [4.78, 5) is 59.8. The van der Waals surface area contributed by atoms with E-state index in [0.717, 1.165) is 54.8 Å². The fourth-order valence-electron chi connectivity index (χ4n) is 11.8. The van der Waals surface area contributed by atoms with Crippen LogP contribution in [0.15, 0.2) is 0 Å². The summed E-state index contributed by atoms with van der Waals surface area (Å²) in [6.07, 6.45) is 13.5. The molecule has 0 aliphatic heterocycles. The fraction of sp³-hybridized carbons (Fsp3) is 0.878. The molecule has 52 heavy (non-hydrogen) atoms. The van der Waals surface area contributed by atoms with E-state index >= 15 is 0 Å². The molecule has 5 N–H and O–H groups in total. The second kappa shape index (κ2) is 18.0. The number of carboxylic acids is 3. The SMILES string of the molecule is CC(C)CCC[C@@H](C)[C@H]1CC[C@H]2[C@@H]3CC[C@H]4C[C@@H](OC(=O)CNC(=O)NC(CCCC(=O)O)(CCC(=O)O)CCC(=O)O)CC[C@]4(C)[C@H]3CC[C@]12C. The highest BCUT2D eigenvalue weighted by atomic mass is 16.5. The number of carboxylic acid groups (broad SMARTS) is 3. The second-order valence-electron chi connectivity index (χ2n) is 18.2. The van der Waals surface area contributed by atoms with E-state index < -0.39 is 35.4 Å². The van der Waals surface area contributed by atoms with E-state index in [-0.39, 0.29) is 63.0 Å². The number of aliphatic carboxylic acids is 3. The smallest absolute Gasteiger partial charge is 0.325 e. The lowest BCUT2D eigenvalue weighted by atomic mass is 9.44. The first-order valence-electron chi connectivity index (χ1n) is 20.4. The Kier molecular flexibility index (Phi) is 14.5. The minimum absolute atomic E-state index is 0.0741. The molecule has 4 fully saturated rings. The van der Waals surface area contributed by atoms with Gasteiger partial charge in [-0.1, -0.05) is 53.9 Å². The van der Waals surface area contributed by atoms with Gasteiger partial charge in [0.25, 0.3) is 0 Å². The first-order chi connectivity index (χ1) is 24.5. The number of ether oxygens (including phenoxy) is 1. The van der Waals surface area contributed by atoms with Crippen molar-refractivity contribution in [1.82, 2.24) is 10.6 Å². The molecule has 0 unspecified atom stereocenters. The third-order valence-corrected chi connectivity index (χ3v) is 14.6. The number of rotatable bonds is 19. The van der Waals surface area contributed by atoms with Crippen molar-refractivity contribution >= 4 is 29.9 Å². The molecular weight excluding hydrogens is 664 g/mol. The van der Waals surface area contributed by atoms with Crippen LogP contribution >= 0.6 is 0 Å². The fourth-order valence-corrected chi connectivity index (χ4v) is 11.8. The lowest BCUT2D eigenvalue weighted by Gasteiger charge is -2.61. The zero-order chi connectivity index (χ0) is 38.3. The van der Waals surface area contributed by atoms with Crippen LogP contribution in [-0.4, -0.2) is 63.4 Å². The minimum atomic E-state index is -1.26. The van der Waals surface area contributed by atoms with Crippen LogP contribution in [0.25, 0.3) is 0 Å². The molecule has 4 aliphatic rings. The number of amides is 2. The minimum Gasteiger partial charge on any atom is -0.481 e. The van der Waals surface area contributed by atoms with Crippen molar-refractivity contribution < 1.29 is 44.0 Å². The molecule has 11 heteroatoms. The maximum Gasteiger partial charge on any atom is 0.325 e. The number of nitrogens with one attached hydrogen (secondary N) is 2. The van der Waals surface area contributed by atoms with Gasteiger partial charge in [0, 0.05) is 24.8 Å². The second-order valence-corrected chi connectivity index (χ2v) is 18.2. The summed E-state index contributed by atoms with van der Waals surface area (Å²) in [5.74, 6) is 1.41. The van der Waals surface area contributed by atoms with E-state index in [1.807, 2.05) is 0 Å². The van der Waals surface area contributed by atoms with Crippen LogP contribution < -0.4 is 10.6 Å². The van der Waals surface area contributed by atoms with Gasteiger partial charge in [0.15, 0.2) is 0 Å². The summed E-state index contributed by atoms with van der Waals surface area (Å²) in [7, 11) is 0. The van der Waals surface area contributed by atoms with Crippen LogP contribution in [0.1, 0.15) is 157 Å². The molecule has 4 saturated carbocycles. The Bertz CT molecular complexity index is 1250. The molecule has 0 heterocycles. The molecule has 4 aliphatic carbocycles. The highest BCUT2D eigenvalue weighted by Crippen LogP contribution is 2.68. The van der Waals surface area contributed by atoms with Gasteiger partial charge in [-0.05, 0) is 136 Å². The molecule has 4 rings (SSSR count). The van der Waals surface area contributed by atoms with Crippen molar-refractivity contribution in [3.63, 3.8) is 0 Å². The molecule has 9 atom stereocenters.